The highest BCUT2D eigenvalue weighted by Gasteiger charge is 2.29. The van der Waals surface area contributed by atoms with Crippen molar-refractivity contribution in [2.75, 3.05) is 47.7 Å². The van der Waals surface area contributed by atoms with Crippen molar-refractivity contribution in [1.29, 1.82) is 0 Å². The molecule has 2 saturated heterocycles. The molecule has 2 aromatic rings. The van der Waals surface area contributed by atoms with Gasteiger partial charge in [0.25, 0.3) is 5.91 Å². The molecule has 2 heterocycles. The molecule has 2 aliphatic rings. The Kier molecular flexibility index (Phi) is 5.44. The Morgan fingerprint density at radius 3 is 2.28 bits per heavy atom. The van der Waals surface area contributed by atoms with Crippen LogP contribution in [0.5, 0.6) is 0 Å². The quantitative estimate of drug-likeness (QED) is 0.746. The summed E-state index contributed by atoms with van der Waals surface area (Å²) in [6.45, 7) is 5.32. The second kappa shape index (κ2) is 7.88. The molecule has 2 aliphatic heterocycles. The Morgan fingerprint density at radius 1 is 0.966 bits per heavy atom. The smallest absolute Gasteiger partial charge is 0.253 e. The SMILES string of the molecule is Cc1ccc(Cl)cc1N1CCN(C(=O)c2ccc(N3CCCS3(=O)=O)cc2)CC1. The minimum Gasteiger partial charge on any atom is -0.368 e. The lowest BCUT2D eigenvalue weighted by Crippen LogP contribution is -2.49. The number of benzene rings is 2. The van der Waals surface area contributed by atoms with Crippen LogP contribution in [0.3, 0.4) is 0 Å². The van der Waals surface area contributed by atoms with Crippen LogP contribution in [0.15, 0.2) is 42.5 Å². The van der Waals surface area contributed by atoms with Crippen molar-refractivity contribution < 1.29 is 13.2 Å². The van der Waals surface area contributed by atoms with Gasteiger partial charge in [0.1, 0.15) is 0 Å². The molecule has 2 fully saturated rings. The summed E-state index contributed by atoms with van der Waals surface area (Å²) in [5, 5.41) is 0.712. The number of nitrogens with zero attached hydrogens (tertiary/aromatic N) is 3. The number of halogens is 1. The van der Waals surface area contributed by atoms with E-state index in [1.807, 2.05) is 23.1 Å². The maximum absolute atomic E-state index is 12.9. The van der Waals surface area contributed by atoms with Crippen molar-refractivity contribution in [1.82, 2.24) is 4.90 Å². The van der Waals surface area contributed by atoms with Crippen LogP contribution >= 0.6 is 11.6 Å². The van der Waals surface area contributed by atoms with Crippen LogP contribution in [0, 0.1) is 6.92 Å². The van der Waals surface area contributed by atoms with Gasteiger partial charge in [-0.1, -0.05) is 17.7 Å². The summed E-state index contributed by atoms with van der Waals surface area (Å²) in [7, 11) is -3.21. The average molecular weight is 434 g/mol. The van der Waals surface area contributed by atoms with Crippen molar-refractivity contribution in [3.05, 3.63) is 58.6 Å². The standard InChI is InChI=1S/C21H24ClN3O3S/c1-16-3-6-18(22)15-20(16)23-10-12-24(13-11-23)21(26)17-4-7-19(8-5-17)25-9-2-14-29(25,27)28/h3-8,15H,2,9-14H2,1H3. The van der Waals surface area contributed by atoms with Gasteiger partial charge in [0.2, 0.25) is 10.0 Å². The number of aryl methyl sites for hydroxylation is 1. The van der Waals surface area contributed by atoms with Crippen LogP contribution in [0.2, 0.25) is 5.02 Å². The van der Waals surface area contributed by atoms with Gasteiger partial charge in [-0.25, -0.2) is 8.42 Å². The van der Waals surface area contributed by atoms with Gasteiger partial charge < -0.3 is 9.80 Å². The van der Waals surface area contributed by atoms with Crippen molar-refractivity contribution in [2.45, 2.75) is 13.3 Å². The Hall–Kier alpha value is -2.25. The number of piperazine rings is 1. The normalized spacial score (nSPS) is 18.9. The molecule has 154 valence electrons. The number of hydrogen-bond donors (Lipinski definition) is 0. The van der Waals surface area contributed by atoms with Crippen molar-refractivity contribution in [3.8, 4) is 0 Å². The number of hydrogen-bond acceptors (Lipinski definition) is 4. The zero-order valence-electron chi connectivity index (χ0n) is 16.3. The van der Waals surface area contributed by atoms with E-state index in [1.165, 1.54) is 9.87 Å². The molecule has 0 radical (unpaired) electrons. The summed E-state index contributed by atoms with van der Waals surface area (Å²) in [6, 6.07) is 12.8. The third-order valence-electron chi connectivity index (χ3n) is 5.58. The number of carbonyl (C=O) groups is 1. The molecule has 0 bridgehead atoms. The van der Waals surface area contributed by atoms with Crippen LogP contribution in [-0.4, -0.2) is 57.7 Å². The molecule has 4 rings (SSSR count). The van der Waals surface area contributed by atoms with Crippen LogP contribution in [-0.2, 0) is 10.0 Å². The summed E-state index contributed by atoms with van der Waals surface area (Å²) < 4.78 is 25.5. The third kappa shape index (κ3) is 4.07. The van der Waals surface area contributed by atoms with E-state index < -0.39 is 10.0 Å². The molecule has 0 atom stereocenters. The molecule has 0 aliphatic carbocycles. The monoisotopic (exact) mass is 433 g/mol. The lowest BCUT2D eigenvalue weighted by Gasteiger charge is -2.37. The van der Waals surface area contributed by atoms with E-state index in [2.05, 4.69) is 11.8 Å². The highest BCUT2D eigenvalue weighted by molar-refractivity contribution is 7.93. The fourth-order valence-corrected chi connectivity index (χ4v) is 5.69. The Labute approximate surface area is 176 Å². The molecule has 0 spiro atoms. The number of anilines is 2. The van der Waals surface area contributed by atoms with E-state index in [0.717, 1.165) is 18.8 Å². The second-order valence-electron chi connectivity index (χ2n) is 7.50. The van der Waals surface area contributed by atoms with Crippen LogP contribution in [0.1, 0.15) is 22.3 Å². The summed E-state index contributed by atoms with van der Waals surface area (Å²) in [5.74, 6) is 0.160. The number of amides is 1. The molecule has 8 heteroatoms. The highest BCUT2D eigenvalue weighted by Crippen LogP contribution is 2.27. The fraction of sp³-hybridized carbons (Fsp3) is 0.381. The first kappa shape index (κ1) is 20.0. The molecule has 0 unspecified atom stereocenters. The maximum Gasteiger partial charge on any atom is 0.253 e. The molecule has 29 heavy (non-hydrogen) atoms. The summed E-state index contributed by atoms with van der Waals surface area (Å²) in [5.41, 5.74) is 3.49. The van der Waals surface area contributed by atoms with E-state index in [0.29, 0.717) is 42.3 Å². The lowest BCUT2D eigenvalue weighted by molar-refractivity contribution is 0.0747. The Bertz CT molecular complexity index is 1020. The number of rotatable bonds is 3. The lowest BCUT2D eigenvalue weighted by atomic mass is 10.1. The van der Waals surface area contributed by atoms with Gasteiger partial charge in [-0.2, -0.15) is 0 Å². The molecule has 2 aromatic carbocycles. The zero-order chi connectivity index (χ0) is 20.6. The van der Waals surface area contributed by atoms with Crippen LogP contribution < -0.4 is 9.21 Å². The third-order valence-corrected chi connectivity index (χ3v) is 7.68. The second-order valence-corrected chi connectivity index (χ2v) is 9.95. The van der Waals surface area contributed by atoms with Crippen molar-refractivity contribution >= 4 is 38.9 Å². The minimum absolute atomic E-state index is 0.0247. The van der Waals surface area contributed by atoms with E-state index in [4.69, 9.17) is 11.6 Å². The van der Waals surface area contributed by atoms with Gasteiger partial charge in [-0.05, 0) is 55.3 Å². The summed E-state index contributed by atoms with van der Waals surface area (Å²) in [4.78, 5) is 17.0. The molecule has 6 nitrogen and oxygen atoms in total. The summed E-state index contributed by atoms with van der Waals surface area (Å²) in [6.07, 6.45) is 0.638. The van der Waals surface area contributed by atoms with Gasteiger partial charge in [0, 0.05) is 49.0 Å². The highest BCUT2D eigenvalue weighted by atomic mass is 35.5. The van der Waals surface area contributed by atoms with Gasteiger partial charge in [0.05, 0.1) is 11.4 Å². The van der Waals surface area contributed by atoms with E-state index in [9.17, 15) is 13.2 Å². The Morgan fingerprint density at radius 2 is 1.66 bits per heavy atom. The van der Waals surface area contributed by atoms with Crippen LogP contribution in [0.25, 0.3) is 0 Å². The Balaban J connectivity index is 1.41. The fourth-order valence-electron chi connectivity index (χ4n) is 3.96. The van der Waals surface area contributed by atoms with Gasteiger partial charge in [-0.15, -0.1) is 0 Å². The number of sulfonamides is 1. The zero-order valence-corrected chi connectivity index (χ0v) is 17.9. The largest absolute Gasteiger partial charge is 0.368 e. The molecular formula is C21H24ClN3O3S. The molecular weight excluding hydrogens is 410 g/mol. The van der Waals surface area contributed by atoms with Gasteiger partial charge >= 0.3 is 0 Å². The van der Waals surface area contributed by atoms with E-state index in [1.54, 1.807) is 24.3 Å². The van der Waals surface area contributed by atoms with Crippen molar-refractivity contribution in [2.24, 2.45) is 0 Å². The van der Waals surface area contributed by atoms with Crippen LogP contribution in [0.4, 0.5) is 11.4 Å². The van der Waals surface area contributed by atoms with Gasteiger partial charge in [0.15, 0.2) is 0 Å². The maximum atomic E-state index is 12.9. The van der Waals surface area contributed by atoms with E-state index >= 15 is 0 Å². The average Bonchev–Trinajstić information content (AvgIpc) is 3.08. The molecule has 1 amide bonds. The molecule has 0 saturated carbocycles. The van der Waals surface area contributed by atoms with E-state index in [-0.39, 0.29) is 11.7 Å². The number of carbonyl (C=O) groups excluding carboxylic acids is 1. The predicted octanol–water partition coefficient (Wildman–Crippen LogP) is 3.15. The topological polar surface area (TPSA) is 60.9 Å². The van der Waals surface area contributed by atoms with Gasteiger partial charge in [-0.3, -0.25) is 9.10 Å². The predicted molar refractivity (Wildman–Crippen MR) is 116 cm³/mol. The van der Waals surface area contributed by atoms with Crippen molar-refractivity contribution in [3.63, 3.8) is 0 Å². The summed E-state index contributed by atoms with van der Waals surface area (Å²) >= 11 is 6.14. The first-order valence-corrected chi connectivity index (χ1v) is 11.7. The first-order chi connectivity index (χ1) is 13.8. The first-order valence-electron chi connectivity index (χ1n) is 9.76. The molecule has 0 aromatic heterocycles. The minimum atomic E-state index is -3.21. The molecule has 0 N–H and O–H groups in total.